The number of hydrogen-bond acceptors (Lipinski definition) is 4. The van der Waals surface area contributed by atoms with Crippen molar-refractivity contribution >= 4 is 6.09 Å². The second-order valence-corrected chi connectivity index (χ2v) is 8.02. The lowest BCUT2D eigenvalue weighted by Gasteiger charge is -2.41. The van der Waals surface area contributed by atoms with Crippen molar-refractivity contribution in [1.82, 2.24) is 9.80 Å². The molecular formula is C20H31FN2O3. The van der Waals surface area contributed by atoms with Crippen LogP contribution < -0.4 is 0 Å². The molecule has 2 rings (SSSR count). The molecule has 0 N–H and O–H groups in total. The van der Waals surface area contributed by atoms with Gasteiger partial charge in [0.05, 0.1) is 6.10 Å². The summed E-state index contributed by atoms with van der Waals surface area (Å²) in [7, 11) is 1.64. The molecule has 1 aliphatic rings. The van der Waals surface area contributed by atoms with Crippen LogP contribution in [0, 0.1) is 12.7 Å². The maximum Gasteiger partial charge on any atom is 0.410 e. The molecule has 1 saturated heterocycles. The number of carbonyl (C=O) groups excluding carboxylic acids is 1. The van der Waals surface area contributed by atoms with Gasteiger partial charge in [-0.05, 0) is 51.8 Å². The lowest BCUT2D eigenvalue weighted by atomic mass is 10.1. The van der Waals surface area contributed by atoms with Gasteiger partial charge in [-0.3, -0.25) is 4.90 Å². The molecule has 2 atom stereocenters. The number of ether oxygens (including phenoxy) is 2. The van der Waals surface area contributed by atoms with Gasteiger partial charge >= 0.3 is 6.09 Å². The third kappa shape index (κ3) is 5.42. The monoisotopic (exact) mass is 366 g/mol. The number of nitrogens with zero attached hydrogens (tertiary/aromatic N) is 2. The molecule has 5 nitrogen and oxygen atoms in total. The quantitative estimate of drug-likeness (QED) is 0.814. The van der Waals surface area contributed by atoms with Gasteiger partial charge in [-0.15, -0.1) is 0 Å². The molecule has 1 heterocycles. The zero-order valence-corrected chi connectivity index (χ0v) is 16.7. The molecular weight excluding hydrogens is 335 g/mol. The van der Waals surface area contributed by atoms with E-state index in [2.05, 4.69) is 4.90 Å². The van der Waals surface area contributed by atoms with Gasteiger partial charge < -0.3 is 14.4 Å². The fourth-order valence-electron chi connectivity index (χ4n) is 3.15. The average molecular weight is 366 g/mol. The Hall–Kier alpha value is -1.66. The Labute approximate surface area is 156 Å². The summed E-state index contributed by atoms with van der Waals surface area (Å²) < 4.78 is 24.9. The normalized spacial score (nSPS) is 20.1. The van der Waals surface area contributed by atoms with Crippen LogP contribution in [0.4, 0.5) is 9.18 Å². The summed E-state index contributed by atoms with van der Waals surface area (Å²) in [6.45, 7) is 12.1. The maximum atomic E-state index is 13.9. The van der Waals surface area contributed by atoms with Gasteiger partial charge in [-0.25, -0.2) is 9.18 Å². The highest BCUT2D eigenvalue weighted by molar-refractivity contribution is 5.68. The molecule has 0 aliphatic carbocycles. The predicted octanol–water partition coefficient (Wildman–Crippen LogP) is 3.76. The van der Waals surface area contributed by atoms with Crippen LogP contribution in [-0.2, 0) is 9.47 Å². The number of rotatable bonds is 4. The Bertz CT molecular complexity index is 630. The molecule has 1 unspecified atom stereocenters. The summed E-state index contributed by atoms with van der Waals surface area (Å²) in [4.78, 5) is 16.3. The van der Waals surface area contributed by atoms with Crippen molar-refractivity contribution in [1.29, 1.82) is 0 Å². The first-order valence-electron chi connectivity index (χ1n) is 9.11. The van der Waals surface area contributed by atoms with Crippen molar-refractivity contribution in [3.05, 3.63) is 35.1 Å². The Morgan fingerprint density at radius 1 is 1.35 bits per heavy atom. The highest BCUT2D eigenvalue weighted by Crippen LogP contribution is 2.23. The van der Waals surface area contributed by atoms with E-state index in [4.69, 9.17) is 9.47 Å². The number of halogens is 1. The Morgan fingerprint density at radius 2 is 2.04 bits per heavy atom. The summed E-state index contributed by atoms with van der Waals surface area (Å²) in [5, 5.41) is 0. The van der Waals surface area contributed by atoms with Crippen LogP contribution in [-0.4, -0.2) is 60.8 Å². The summed E-state index contributed by atoms with van der Waals surface area (Å²) in [6.07, 6.45) is -0.473. The van der Waals surface area contributed by atoms with Crippen LogP contribution in [0.5, 0.6) is 0 Å². The van der Waals surface area contributed by atoms with E-state index in [0.717, 1.165) is 18.7 Å². The third-order valence-electron chi connectivity index (χ3n) is 4.62. The van der Waals surface area contributed by atoms with Crippen LogP contribution in [0.15, 0.2) is 18.2 Å². The fourth-order valence-corrected chi connectivity index (χ4v) is 3.15. The lowest BCUT2D eigenvalue weighted by Crippen LogP contribution is -2.55. The van der Waals surface area contributed by atoms with Crippen LogP contribution in [0.2, 0.25) is 0 Å². The number of amides is 1. The van der Waals surface area contributed by atoms with Crippen LogP contribution >= 0.6 is 0 Å². The number of piperazine rings is 1. The first-order chi connectivity index (χ1) is 12.1. The number of carbonyl (C=O) groups is 1. The zero-order chi connectivity index (χ0) is 19.5. The van der Waals surface area contributed by atoms with Gasteiger partial charge in [0.25, 0.3) is 0 Å². The van der Waals surface area contributed by atoms with Gasteiger partial charge in [-0.1, -0.05) is 12.1 Å². The van der Waals surface area contributed by atoms with E-state index in [9.17, 15) is 9.18 Å². The molecule has 1 fully saturated rings. The molecule has 1 aromatic carbocycles. The topological polar surface area (TPSA) is 42.0 Å². The largest absolute Gasteiger partial charge is 0.444 e. The molecule has 1 aromatic rings. The Kier molecular flexibility index (Phi) is 6.64. The highest BCUT2D eigenvalue weighted by atomic mass is 19.1. The summed E-state index contributed by atoms with van der Waals surface area (Å²) in [5.41, 5.74) is 0.964. The van der Waals surface area contributed by atoms with Crippen molar-refractivity contribution in [3.8, 4) is 0 Å². The Balaban J connectivity index is 1.97. The van der Waals surface area contributed by atoms with E-state index in [0.29, 0.717) is 18.7 Å². The van der Waals surface area contributed by atoms with Gasteiger partial charge in [0, 0.05) is 39.3 Å². The van der Waals surface area contributed by atoms with Gasteiger partial charge in [0.1, 0.15) is 11.4 Å². The SMILES string of the molecule is COC(CN1CCN(C(=O)OC(C)(C)C)[C@H](C)C1)c1ccc(C)c(F)c1. The average Bonchev–Trinajstić information content (AvgIpc) is 2.53. The number of methoxy groups -OCH3 is 1. The standard InChI is InChI=1S/C20H31FN2O3/c1-14-7-8-16(11-17(14)21)18(25-6)13-22-9-10-23(15(2)12-22)19(24)26-20(3,4)5/h7-8,11,15,18H,9-10,12-13H2,1-6H3/t15-,18?/m1/s1. The summed E-state index contributed by atoms with van der Waals surface area (Å²) in [5.74, 6) is -0.215. The van der Waals surface area contributed by atoms with Gasteiger partial charge in [0.15, 0.2) is 0 Å². The van der Waals surface area contributed by atoms with Gasteiger partial charge in [0.2, 0.25) is 0 Å². The van der Waals surface area contributed by atoms with Crippen molar-refractivity contribution in [2.24, 2.45) is 0 Å². The second-order valence-electron chi connectivity index (χ2n) is 8.02. The van der Waals surface area contributed by atoms with Crippen LogP contribution in [0.25, 0.3) is 0 Å². The molecule has 0 spiro atoms. The first kappa shape index (κ1) is 20.6. The minimum atomic E-state index is -0.495. The molecule has 0 bridgehead atoms. The maximum absolute atomic E-state index is 13.9. The Morgan fingerprint density at radius 3 is 2.58 bits per heavy atom. The molecule has 26 heavy (non-hydrogen) atoms. The minimum absolute atomic E-state index is 0.0471. The fraction of sp³-hybridized carbons (Fsp3) is 0.650. The van der Waals surface area contributed by atoms with E-state index in [1.54, 1.807) is 31.1 Å². The van der Waals surface area contributed by atoms with Crippen molar-refractivity contribution in [3.63, 3.8) is 0 Å². The highest BCUT2D eigenvalue weighted by Gasteiger charge is 2.31. The van der Waals surface area contributed by atoms with E-state index >= 15 is 0 Å². The van der Waals surface area contributed by atoms with E-state index in [-0.39, 0.29) is 24.1 Å². The van der Waals surface area contributed by atoms with E-state index < -0.39 is 5.60 Å². The summed E-state index contributed by atoms with van der Waals surface area (Å²) in [6, 6.07) is 5.28. The number of hydrogen-bond donors (Lipinski definition) is 0. The smallest absolute Gasteiger partial charge is 0.410 e. The summed E-state index contributed by atoms with van der Waals surface area (Å²) >= 11 is 0. The molecule has 0 saturated carbocycles. The molecule has 146 valence electrons. The lowest BCUT2D eigenvalue weighted by molar-refractivity contribution is -0.00828. The van der Waals surface area contributed by atoms with Crippen LogP contribution in [0.3, 0.4) is 0 Å². The minimum Gasteiger partial charge on any atom is -0.444 e. The van der Waals surface area contributed by atoms with Gasteiger partial charge in [-0.2, -0.15) is 0 Å². The number of benzene rings is 1. The van der Waals surface area contributed by atoms with E-state index in [1.807, 2.05) is 33.8 Å². The van der Waals surface area contributed by atoms with Crippen molar-refractivity contribution in [2.75, 3.05) is 33.3 Å². The van der Waals surface area contributed by atoms with E-state index in [1.165, 1.54) is 0 Å². The third-order valence-corrected chi connectivity index (χ3v) is 4.62. The van der Waals surface area contributed by atoms with Crippen molar-refractivity contribution in [2.45, 2.75) is 52.4 Å². The molecule has 1 amide bonds. The van der Waals surface area contributed by atoms with Crippen LogP contribution in [0.1, 0.15) is 44.9 Å². The molecule has 0 aromatic heterocycles. The second kappa shape index (κ2) is 8.35. The van der Waals surface area contributed by atoms with Crippen molar-refractivity contribution < 1.29 is 18.7 Å². The predicted molar refractivity (Wildman–Crippen MR) is 99.7 cm³/mol. The molecule has 1 aliphatic heterocycles. The number of aryl methyl sites for hydroxylation is 1. The zero-order valence-electron chi connectivity index (χ0n) is 16.7. The molecule has 0 radical (unpaired) electrons. The first-order valence-corrected chi connectivity index (χ1v) is 9.11. The molecule has 6 heteroatoms.